The van der Waals surface area contributed by atoms with E-state index in [0.29, 0.717) is 12.1 Å². The molecule has 1 atom stereocenters. The minimum Gasteiger partial charge on any atom is -0.348 e. The summed E-state index contributed by atoms with van der Waals surface area (Å²) in [5.41, 5.74) is 1.39. The number of nitrogens with zero attached hydrogens (tertiary/aromatic N) is 2. The molecule has 0 saturated carbocycles. The minimum absolute atomic E-state index is 0.244. The first kappa shape index (κ1) is 15.6. The van der Waals surface area contributed by atoms with Gasteiger partial charge >= 0.3 is 6.03 Å². The monoisotopic (exact) mass is 337 g/mol. The van der Waals surface area contributed by atoms with Crippen molar-refractivity contribution in [3.63, 3.8) is 0 Å². The van der Waals surface area contributed by atoms with Gasteiger partial charge in [0.05, 0.1) is 12.2 Å². The maximum absolute atomic E-state index is 13.1. The van der Waals surface area contributed by atoms with Crippen LogP contribution in [0.15, 0.2) is 42.6 Å². The Hall–Kier alpha value is -2.89. The predicted molar refractivity (Wildman–Crippen MR) is 91.0 cm³/mol. The number of aromatic nitrogens is 1. The van der Waals surface area contributed by atoms with Gasteiger partial charge in [-0.3, -0.25) is 14.5 Å². The molecule has 1 saturated heterocycles. The first-order valence-electron chi connectivity index (χ1n) is 8.40. The summed E-state index contributed by atoms with van der Waals surface area (Å²) in [6, 6.07) is 10.7. The van der Waals surface area contributed by atoms with Crippen molar-refractivity contribution in [3.8, 4) is 0 Å². The molecule has 4 rings (SSSR count). The maximum atomic E-state index is 13.1. The molecule has 1 fully saturated rings. The normalized spacial score (nSPS) is 22.2. The van der Waals surface area contributed by atoms with E-state index in [1.165, 1.54) is 0 Å². The standard InChI is InChI=1S/C19H19N3O3/c1-21-11-5-9-15(21)16(23)12-22-17(24)19(20-18(22)25)10-4-7-13-6-2-3-8-14(13)19/h2-3,5-6,8-9,11H,4,7,10,12H2,1H3,(H,20,25)/t19-/m1/s1. The highest BCUT2D eigenvalue weighted by Crippen LogP contribution is 2.39. The van der Waals surface area contributed by atoms with Crippen molar-refractivity contribution < 1.29 is 14.4 Å². The molecular weight excluding hydrogens is 318 g/mol. The molecule has 1 aromatic carbocycles. The van der Waals surface area contributed by atoms with E-state index in [-0.39, 0.29) is 18.2 Å². The Labute approximate surface area is 145 Å². The van der Waals surface area contributed by atoms with E-state index in [2.05, 4.69) is 5.32 Å². The molecule has 128 valence electrons. The first-order chi connectivity index (χ1) is 12.0. The van der Waals surface area contributed by atoms with Gasteiger partial charge < -0.3 is 9.88 Å². The van der Waals surface area contributed by atoms with Crippen LogP contribution in [0.3, 0.4) is 0 Å². The molecule has 6 nitrogen and oxygen atoms in total. The fourth-order valence-corrected chi connectivity index (χ4v) is 3.93. The Balaban J connectivity index is 1.66. The van der Waals surface area contributed by atoms with Gasteiger partial charge in [-0.25, -0.2) is 4.79 Å². The molecule has 0 unspecified atom stereocenters. The number of benzene rings is 1. The molecule has 1 aliphatic heterocycles. The average Bonchev–Trinajstić information content (AvgIpc) is 3.13. The number of aryl methyl sites for hydroxylation is 2. The van der Waals surface area contributed by atoms with Crippen molar-refractivity contribution in [2.45, 2.75) is 24.8 Å². The average molecular weight is 337 g/mol. The van der Waals surface area contributed by atoms with Crippen LogP contribution in [0.4, 0.5) is 4.79 Å². The van der Waals surface area contributed by atoms with Gasteiger partial charge in [-0.2, -0.15) is 0 Å². The summed E-state index contributed by atoms with van der Waals surface area (Å²) in [7, 11) is 1.76. The van der Waals surface area contributed by atoms with Gasteiger partial charge in [-0.15, -0.1) is 0 Å². The molecule has 1 aliphatic carbocycles. The van der Waals surface area contributed by atoms with Crippen molar-refractivity contribution in [2.75, 3.05) is 6.54 Å². The molecule has 1 N–H and O–H groups in total. The Kier molecular flexibility index (Phi) is 3.49. The Morgan fingerprint density at radius 1 is 1.20 bits per heavy atom. The lowest BCUT2D eigenvalue weighted by Gasteiger charge is -2.33. The number of imide groups is 1. The molecule has 6 heteroatoms. The van der Waals surface area contributed by atoms with Crippen molar-refractivity contribution in [1.82, 2.24) is 14.8 Å². The molecule has 1 aromatic heterocycles. The lowest BCUT2D eigenvalue weighted by Crippen LogP contribution is -2.46. The number of urea groups is 1. The highest BCUT2D eigenvalue weighted by atomic mass is 16.2. The summed E-state index contributed by atoms with van der Waals surface area (Å²) < 4.78 is 1.69. The predicted octanol–water partition coefficient (Wildman–Crippen LogP) is 1.99. The Bertz CT molecular complexity index is 886. The number of hydrogen-bond donors (Lipinski definition) is 1. The van der Waals surface area contributed by atoms with Crippen LogP contribution in [0.1, 0.15) is 34.5 Å². The molecule has 2 aliphatic rings. The van der Waals surface area contributed by atoms with Crippen molar-refractivity contribution in [1.29, 1.82) is 0 Å². The van der Waals surface area contributed by atoms with Gasteiger partial charge in [-0.05, 0) is 42.5 Å². The van der Waals surface area contributed by atoms with Crippen molar-refractivity contribution >= 4 is 17.7 Å². The van der Waals surface area contributed by atoms with Crippen LogP contribution in [0, 0.1) is 0 Å². The number of nitrogens with one attached hydrogen (secondary N) is 1. The number of hydrogen-bond acceptors (Lipinski definition) is 3. The molecule has 0 bridgehead atoms. The van der Waals surface area contributed by atoms with Crippen molar-refractivity contribution in [2.24, 2.45) is 7.05 Å². The van der Waals surface area contributed by atoms with Gasteiger partial charge in [0.2, 0.25) is 0 Å². The summed E-state index contributed by atoms with van der Waals surface area (Å²) in [4.78, 5) is 39.2. The highest BCUT2D eigenvalue weighted by Gasteiger charge is 2.54. The van der Waals surface area contributed by atoms with E-state index in [4.69, 9.17) is 0 Å². The number of carbonyl (C=O) groups is 3. The fourth-order valence-electron chi connectivity index (χ4n) is 3.93. The van der Waals surface area contributed by atoms with Crippen LogP contribution in [-0.4, -0.2) is 33.7 Å². The number of ketones is 1. The number of rotatable bonds is 3. The summed E-state index contributed by atoms with van der Waals surface area (Å²) in [5, 5.41) is 2.87. The zero-order chi connectivity index (χ0) is 17.6. The number of amides is 3. The van der Waals surface area contributed by atoms with E-state index in [1.54, 1.807) is 29.9 Å². The van der Waals surface area contributed by atoms with Crippen LogP contribution >= 0.6 is 0 Å². The van der Waals surface area contributed by atoms with Crippen LogP contribution in [0.2, 0.25) is 0 Å². The second kappa shape index (κ2) is 5.58. The van der Waals surface area contributed by atoms with E-state index in [1.807, 2.05) is 24.3 Å². The quantitative estimate of drug-likeness (QED) is 0.688. The number of fused-ring (bicyclic) bond motifs is 2. The molecule has 2 heterocycles. The zero-order valence-corrected chi connectivity index (χ0v) is 14.0. The second-order valence-corrected chi connectivity index (χ2v) is 6.66. The molecule has 0 radical (unpaired) electrons. The van der Waals surface area contributed by atoms with Gasteiger partial charge in [0.15, 0.2) is 5.78 Å². The smallest absolute Gasteiger partial charge is 0.325 e. The highest BCUT2D eigenvalue weighted by molar-refractivity contribution is 6.11. The first-order valence-corrected chi connectivity index (χ1v) is 8.40. The van der Waals surface area contributed by atoms with Gasteiger partial charge in [0, 0.05) is 13.2 Å². The number of carbonyl (C=O) groups excluding carboxylic acids is 3. The number of Topliss-reactive ketones (excluding diaryl/α,β-unsaturated/α-hetero) is 1. The maximum Gasteiger partial charge on any atom is 0.325 e. The lowest BCUT2D eigenvalue weighted by molar-refractivity contribution is -0.131. The van der Waals surface area contributed by atoms with E-state index in [9.17, 15) is 14.4 Å². The molecular formula is C19H19N3O3. The summed E-state index contributed by atoms with van der Waals surface area (Å²) in [6.07, 6.45) is 4.04. The lowest BCUT2D eigenvalue weighted by atomic mass is 9.76. The molecule has 2 aromatic rings. The Morgan fingerprint density at radius 3 is 2.76 bits per heavy atom. The molecule has 1 spiro atoms. The zero-order valence-electron chi connectivity index (χ0n) is 14.0. The van der Waals surface area contributed by atoms with Gasteiger partial charge in [-0.1, -0.05) is 24.3 Å². The minimum atomic E-state index is -1.03. The Morgan fingerprint density at radius 2 is 2.00 bits per heavy atom. The third kappa shape index (κ3) is 2.28. The summed E-state index contributed by atoms with van der Waals surface area (Å²) in [5.74, 6) is -0.579. The van der Waals surface area contributed by atoms with Crippen LogP contribution in [0.5, 0.6) is 0 Å². The molecule has 3 amide bonds. The fraction of sp³-hybridized carbons (Fsp3) is 0.316. The summed E-state index contributed by atoms with van der Waals surface area (Å²) in [6.45, 7) is -0.244. The van der Waals surface area contributed by atoms with E-state index < -0.39 is 11.6 Å². The molecule has 25 heavy (non-hydrogen) atoms. The van der Waals surface area contributed by atoms with Gasteiger partial charge in [0.25, 0.3) is 5.91 Å². The van der Waals surface area contributed by atoms with Crippen LogP contribution in [-0.2, 0) is 23.8 Å². The van der Waals surface area contributed by atoms with Crippen LogP contribution in [0.25, 0.3) is 0 Å². The summed E-state index contributed by atoms with van der Waals surface area (Å²) >= 11 is 0. The topological polar surface area (TPSA) is 71.4 Å². The third-order valence-electron chi connectivity index (χ3n) is 5.18. The van der Waals surface area contributed by atoms with E-state index in [0.717, 1.165) is 28.9 Å². The van der Waals surface area contributed by atoms with Gasteiger partial charge in [0.1, 0.15) is 5.54 Å². The second-order valence-electron chi connectivity index (χ2n) is 6.66. The van der Waals surface area contributed by atoms with Crippen molar-refractivity contribution in [3.05, 3.63) is 59.4 Å². The third-order valence-corrected chi connectivity index (χ3v) is 5.18. The largest absolute Gasteiger partial charge is 0.348 e. The van der Waals surface area contributed by atoms with Crippen LogP contribution < -0.4 is 5.32 Å². The van der Waals surface area contributed by atoms with E-state index >= 15 is 0 Å². The SMILES string of the molecule is Cn1cccc1C(=O)CN1C(=O)N[C@@]2(CCCc3ccccc32)C1=O.